The van der Waals surface area contributed by atoms with Crippen LogP contribution in [0.3, 0.4) is 0 Å². The first-order valence-electron chi connectivity index (χ1n) is 8.10. The highest BCUT2D eigenvalue weighted by molar-refractivity contribution is 6.74. The molecule has 0 fully saturated rings. The van der Waals surface area contributed by atoms with Gasteiger partial charge in [-0.25, -0.2) is 0 Å². The molecule has 0 unspecified atom stereocenters. The molecule has 0 aliphatic heterocycles. The fraction of sp³-hybridized carbons (Fsp3) is 1.00. The van der Waals surface area contributed by atoms with Crippen LogP contribution in [0.25, 0.3) is 0 Å². The Balaban J connectivity index is 3.33. The van der Waals surface area contributed by atoms with Gasteiger partial charge in [-0.15, -0.1) is 0 Å². The second-order valence-corrected chi connectivity index (χ2v) is 11.7. The van der Waals surface area contributed by atoms with Crippen LogP contribution in [0.15, 0.2) is 0 Å². The van der Waals surface area contributed by atoms with Crippen molar-refractivity contribution in [3.8, 4) is 0 Å². The van der Waals surface area contributed by atoms with Crippen LogP contribution in [0.2, 0.25) is 18.1 Å². The number of unbranched alkanes of at least 4 members (excludes halogenated alkanes) is 3. The topological polar surface area (TPSA) is 27.7 Å². The van der Waals surface area contributed by atoms with Gasteiger partial charge in [0.15, 0.2) is 8.32 Å². The summed E-state index contributed by atoms with van der Waals surface area (Å²) in [6.45, 7) is 17.1. The number of hydrogen-bond acceptors (Lipinski definition) is 3. The minimum absolute atomic E-state index is 0.272. The van der Waals surface area contributed by atoms with Crippen molar-refractivity contribution >= 4 is 8.32 Å². The molecule has 20 heavy (non-hydrogen) atoms. The maximum atomic E-state index is 6.04. The largest absolute Gasteiger partial charge is 0.414 e. The molecule has 3 nitrogen and oxygen atoms in total. The van der Waals surface area contributed by atoms with Crippen molar-refractivity contribution in [1.29, 1.82) is 0 Å². The molecule has 122 valence electrons. The third-order valence-electron chi connectivity index (χ3n) is 4.01. The normalized spacial score (nSPS) is 12.9. The predicted molar refractivity (Wildman–Crippen MR) is 88.9 cm³/mol. The third kappa shape index (κ3) is 9.92. The molecule has 0 bridgehead atoms. The van der Waals surface area contributed by atoms with E-state index >= 15 is 0 Å². The van der Waals surface area contributed by atoms with Gasteiger partial charge in [-0.3, -0.25) is 0 Å². The van der Waals surface area contributed by atoms with Crippen LogP contribution in [-0.2, 0) is 13.9 Å². The molecular weight excluding hydrogens is 268 g/mol. The Morgan fingerprint density at radius 2 is 1.30 bits per heavy atom. The van der Waals surface area contributed by atoms with Crippen molar-refractivity contribution in [2.45, 2.75) is 71.5 Å². The summed E-state index contributed by atoms with van der Waals surface area (Å²) in [7, 11) is -1.61. The molecule has 0 atom stereocenters. The Kier molecular flexibility index (Phi) is 10.8. The number of hydrogen-bond donors (Lipinski definition) is 0. The zero-order valence-corrected chi connectivity index (χ0v) is 15.6. The highest BCUT2D eigenvalue weighted by Crippen LogP contribution is 2.36. The summed E-state index contributed by atoms with van der Waals surface area (Å²) in [5.74, 6) is 0. The lowest BCUT2D eigenvalue weighted by atomic mass is 10.2. The molecule has 4 heteroatoms. The van der Waals surface area contributed by atoms with Gasteiger partial charge < -0.3 is 13.9 Å². The molecule has 0 N–H and O–H groups in total. The van der Waals surface area contributed by atoms with Crippen LogP contribution >= 0.6 is 0 Å². The van der Waals surface area contributed by atoms with Gasteiger partial charge in [0.2, 0.25) is 0 Å². The van der Waals surface area contributed by atoms with Crippen LogP contribution in [0.5, 0.6) is 0 Å². The highest BCUT2D eigenvalue weighted by Gasteiger charge is 2.36. The van der Waals surface area contributed by atoms with Crippen molar-refractivity contribution in [2.24, 2.45) is 0 Å². The Bertz CT molecular complexity index is 224. The van der Waals surface area contributed by atoms with Gasteiger partial charge in [0.25, 0.3) is 0 Å². The lowest BCUT2D eigenvalue weighted by molar-refractivity contribution is 0.0336. The van der Waals surface area contributed by atoms with Gasteiger partial charge in [0, 0.05) is 6.61 Å². The first-order chi connectivity index (χ1) is 9.31. The van der Waals surface area contributed by atoms with Crippen LogP contribution in [0.1, 0.15) is 53.4 Å². The summed E-state index contributed by atoms with van der Waals surface area (Å²) in [4.78, 5) is 0. The Morgan fingerprint density at radius 1 is 0.750 bits per heavy atom. The Morgan fingerprint density at radius 3 is 1.85 bits per heavy atom. The van der Waals surface area contributed by atoms with Crippen LogP contribution in [0.4, 0.5) is 0 Å². The SMILES string of the molecule is CCCCCCOCCOCCO[Si](C)(C)C(C)(C)C. The van der Waals surface area contributed by atoms with E-state index in [2.05, 4.69) is 40.8 Å². The quantitative estimate of drug-likeness (QED) is 0.389. The first kappa shape index (κ1) is 20.1. The van der Waals surface area contributed by atoms with E-state index in [0.717, 1.165) is 6.61 Å². The Labute approximate surface area is 127 Å². The molecule has 0 saturated carbocycles. The van der Waals surface area contributed by atoms with Crippen molar-refractivity contribution in [3.05, 3.63) is 0 Å². The van der Waals surface area contributed by atoms with E-state index in [1.165, 1.54) is 25.7 Å². The van der Waals surface area contributed by atoms with Gasteiger partial charge in [0.1, 0.15) is 0 Å². The summed E-state index contributed by atoms with van der Waals surface area (Å²) in [6.07, 6.45) is 5.03. The van der Waals surface area contributed by atoms with Gasteiger partial charge in [0.05, 0.1) is 26.4 Å². The predicted octanol–water partition coefficient (Wildman–Crippen LogP) is 4.62. The maximum absolute atomic E-state index is 6.04. The highest BCUT2D eigenvalue weighted by atomic mass is 28.4. The molecular formula is C16H36O3Si. The van der Waals surface area contributed by atoms with E-state index in [4.69, 9.17) is 13.9 Å². The fourth-order valence-electron chi connectivity index (χ4n) is 1.53. The molecule has 0 aromatic rings. The lowest BCUT2D eigenvalue weighted by Gasteiger charge is -2.36. The number of ether oxygens (including phenoxy) is 2. The number of rotatable bonds is 12. The zero-order chi connectivity index (χ0) is 15.5. The fourth-order valence-corrected chi connectivity index (χ4v) is 2.55. The van der Waals surface area contributed by atoms with E-state index in [-0.39, 0.29) is 5.04 Å². The van der Waals surface area contributed by atoms with Gasteiger partial charge >= 0.3 is 0 Å². The molecule has 0 heterocycles. The van der Waals surface area contributed by atoms with Crippen molar-refractivity contribution in [1.82, 2.24) is 0 Å². The standard InChI is InChI=1S/C16H36O3Si/c1-7-8-9-10-11-17-12-13-18-14-15-19-20(5,6)16(2,3)4/h7-15H2,1-6H3. The van der Waals surface area contributed by atoms with Gasteiger partial charge in [-0.2, -0.15) is 0 Å². The second kappa shape index (κ2) is 10.8. The molecule has 0 amide bonds. The molecule has 0 rings (SSSR count). The average Bonchev–Trinajstić information content (AvgIpc) is 2.34. The molecule has 0 saturated heterocycles. The van der Waals surface area contributed by atoms with Crippen molar-refractivity contribution in [3.63, 3.8) is 0 Å². The van der Waals surface area contributed by atoms with E-state index in [1.807, 2.05) is 0 Å². The summed E-state index contributed by atoms with van der Waals surface area (Å²) >= 11 is 0. The first-order valence-corrected chi connectivity index (χ1v) is 11.0. The van der Waals surface area contributed by atoms with Crippen LogP contribution in [0, 0.1) is 0 Å². The van der Waals surface area contributed by atoms with Crippen molar-refractivity contribution in [2.75, 3.05) is 33.0 Å². The molecule has 0 aliphatic carbocycles. The summed E-state index contributed by atoms with van der Waals surface area (Å²) in [5, 5.41) is 0.272. The van der Waals surface area contributed by atoms with Gasteiger partial charge in [-0.05, 0) is 24.6 Å². The maximum Gasteiger partial charge on any atom is 0.192 e. The molecule has 0 spiro atoms. The minimum atomic E-state index is -1.61. The third-order valence-corrected chi connectivity index (χ3v) is 8.55. The summed E-state index contributed by atoms with van der Waals surface area (Å²) < 4.78 is 17.1. The second-order valence-electron chi connectivity index (χ2n) is 6.89. The van der Waals surface area contributed by atoms with E-state index in [9.17, 15) is 0 Å². The van der Waals surface area contributed by atoms with E-state index < -0.39 is 8.32 Å². The van der Waals surface area contributed by atoms with Gasteiger partial charge in [-0.1, -0.05) is 47.0 Å². The average molecular weight is 305 g/mol. The van der Waals surface area contributed by atoms with E-state index in [0.29, 0.717) is 26.4 Å². The minimum Gasteiger partial charge on any atom is -0.414 e. The van der Waals surface area contributed by atoms with E-state index in [1.54, 1.807) is 0 Å². The zero-order valence-electron chi connectivity index (χ0n) is 14.6. The monoisotopic (exact) mass is 304 g/mol. The lowest BCUT2D eigenvalue weighted by Crippen LogP contribution is -2.41. The molecule has 0 radical (unpaired) electrons. The smallest absolute Gasteiger partial charge is 0.192 e. The van der Waals surface area contributed by atoms with Crippen LogP contribution < -0.4 is 0 Å². The van der Waals surface area contributed by atoms with Crippen LogP contribution in [-0.4, -0.2) is 41.4 Å². The molecule has 0 aliphatic rings. The summed E-state index contributed by atoms with van der Waals surface area (Å²) in [5.41, 5.74) is 0. The van der Waals surface area contributed by atoms with Crippen molar-refractivity contribution < 1.29 is 13.9 Å². The molecule has 0 aromatic carbocycles. The summed E-state index contributed by atoms with van der Waals surface area (Å²) in [6, 6.07) is 0. The Hall–Kier alpha value is 0.0969. The molecule has 0 aromatic heterocycles.